The molecule has 0 aromatic rings. The van der Waals surface area contributed by atoms with Crippen LogP contribution in [0.5, 0.6) is 0 Å². The molecule has 2 atom stereocenters. The Morgan fingerprint density at radius 3 is 2.91 bits per heavy atom. The van der Waals surface area contributed by atoms with Crippen molar-refractivity contribution < 1.29 is 19.0 Å². The summed E-state index contributed by atoms with van der Waals surface area (Å²) in [6.07, 6.45) is -1.69. The van der Waals surface area contributed by atoms with Crippen LogP contribution in [0.15, 0.2) is 12.4 Å². The van der Waals surface area contributed by atoms with E-state index in [1.165, 1.54) is 0 Å². The summed E-state index contributed by atoms with van der Waals surface area (Å²) in [5.41, 5.74) is 0. The van der Waals surface area contributed by atoms with Crippen molar-refractivity contribution >= 4 is 5.97 Å². The first-order valence-corrected chi connectivity index (χ1v) is 3.31. The van der Waals surface area contributed by atoms with E-state index in [9.17, 15) is 9.18 Å². The number of carbonyl (C=O) groups is 1. The van der Waals surface area contributed by atoms with Crippen molar-refractivity contribution in [3.05, 3.63) is 12.4 Å². The van der Waals surface area contributed by atoms with Crippen molar-refractivity contribution in [2.24, 2.45) is 0 Å². The summed E-state index contributed by atoms with van der Waals surface area (Å²) in [6.45, 7) is 2.99. The van der Waals surface area contributed by atoms with Gasteiger partial charge in [-0.3, -0.25) is 4.79 Å². The van der Waals surface area contributed by atoms with E-state index in [1.807, 2.05) is 0 Å². The van der Waals surface area contributed by atoms with Crippen LogP contribution in [0.2, 0.25) is 0 Å². The Morgan fingerprint density at radius 1 is 1.82 bits per heavy atom. The summed E-state index contributed by atoms with van der Waals surface area (Å²) in [4.78, 5) is 10.6. The highest BCUT2D eigenvalue weighted by Crippen LogP contribution is 2.20. The van der Waals surface area contributed by atoms with Crippen LogP contribution < -0.4 is 0 Å². The quantitative estimate of drug-likeness (QED) is 0.569. The topological polar surface area (TPSA) is 46.5 Å². The fourth-order valence-corrected chi connectivity index (χ4v) is 0.970. The second kappa shape index (κ2) is 3.00. The molecule has 0 saturated carbocycles. The van der Waals surface area contributed by atoms with Crippen molar-refractivity contribution in [1.29, 1.82) is 0 Å². The van der Waals surface area contributed by atoms with Crippen LogP contribution in [0.4, 0.5) is 4.39 Å². The molecule has 1 N–H and O–H groups in total. The minimum Gasteiger partial charge on any atom is -0.455 e. The Hall–Kier alpha value is -0.900. The number of cyclic esters (lactones) is 1. The highest BCUT2D eigenvalue weighted by molar-refractivity contribution is 5.71. The largest absolute Gasteiger partial charge is 0.455 e. The number of aliphatic hydroxyl groups excluding tert-OH is 1. The first-order valence-electron chi connectivity index (χ1n) is 3.31. The summed E-state index contributed by atoms with van der Waals surface area (Å²) < 4.78 is 16.9. The van der Waals surface area contributed by atoms with E-state index in [1.54, 1.807) is 0 Å². The predicted molar refractivity (Wildman–Crippen MR) is 35.4 cm³/mol. The van der Waals surface area contributed by atoms with Crippen LogP contribution in [0.1, 0.15) is 12.8 Å². The Balaban J connectivity index is 2.56. The van der Waals surface area contributed by atoms with Crippen molar-refractivity contribution in [2.45, 2.75) is 25.0 Å². The highest BCUT2D eigenvalue weighted by atomic mass is 19.1. The molecule has 0 amide bonds. The number of hydrogen-bond acceptors (Lipinski definition) is 3. The molecule has 0 spiro atoms. The number of esters is 1. The SMILES string of the molecule is C=C(F)[C@@H]1C[C@@H](O)CC(=O)O1. The number of ether oxygens (including phenoxy) is 1. The van der Waals surface area contributed by atoms with E-state index < -0.39 is 24.0 Å². The van der Waals surface area contributed by atoms with Crippen molar-refractivity contribution in [3.63, 3.8) is 0 Å². The first-order chi connectivity index (χ1) is 5.09. The van der Waals surface area contributed by atoms with E-state index in [2.05, 4.69) is 11.3 Å². The van der Waals surface area contributed by atoms with Gasteiger partial charge in [0.05, 0.1) is 12.5 Å². The Labute approximate surface area is 63.5 Å². The maximum absolute atomic E-state index is 12.4. The van der Waals surface area contributed by atoms with Crippen LogP contribution in [0.25, 0.3) is 0 Å². The van der Waals surface area contributed by atoms with Gasteiger partial charge in [0.2, 0.25) is 0 Å². The standard InChI is InChI=1S/C7H9FO3/c1-4(8)6-2-5(9)3-7(10)11-6/h5-6,9H,1-3H2/t5-,6+/m1/s1. The van der Waals surface area contributed by atoms with E-state index >= 15 is 0 Å². The molecule has 62 valence electrons. The lowest BCUT2D eigenvalue weighted by atomic mass is 10.1. The predicted octanol–water partition coefficient (Wildman–Crippen LogP) is 0.536. The molecule has 0 aromatic carbocycles. The number of hydrogen-bond donors (Lipinski definition) is 1. The zero-order valence-electron chi connectivity index (χ0n) is 5.92. The minimum absolute atomic E-state index is 0.0518. The van der Waals surface area contributed by atoms with Gasteiger partial charge in [-0.2, -0.15) is 0 Å². The van der Waals surface area contributed by atoms with Gasteiger partial charge >= 0.3 is 5.97 Å². The molecule has 3 nitrogen and oxygen atoms in total. The van der Waals surface area contributed by atoms with Gasteiger partial charge in [-0.05, 0) is 0 Å². The lowest BCUT2D eigenvalue weighted by Gasteiger charge is -2.24. The molecular formula is C7H9FO3. The molecule has 0 bridgehead atoms. The number of rotatable bonds is 1. The average molecular weight is 160 g/mol. The van der Waals surface area contributed by atoms with Crippen LogP contribution in [-0.2, 0) is 9.53 Å². The smallest absolute Gasteiger partial charge is 0.309 e. The van der Waals surface area contributed by atoms with Gasteiger partial charge in [0.1, 0.15) is 5.83 Å². The molecule has 0 aliphatic carbocycles. The Bertz CT molecular complexity index is 190. The zero-order valence-corrected chi connectivity index (χ0v) is 5.92. The van der Waals surface area contributed by atoms with Gasteiger partial charge in [0, 0.05) is 6.42 Å². The summed E-state index contributed by atoms with van der Waals surface area (Å²) >= 11 is 0. The second-order valence-electron chi connectivity index (χ2n) is 2.52. The summed E-state index contributed by atoms with van der Waals surface area (Å²) in [5, 5.41) is 8.99. The fourth-order valence-electron chi connectivity index (χ4n) is 0.970. The lowest BCUT2D eigenvalue weighted by Crippen LogP contribution is -2.32. The van der Waals surface area contributed by atoms with Crippen molar-refractivity contribution in [1.82, 2.24) is 0 Å². The number of aliphatic hydroxyl groups is 1. The van der Waals surface area contributed by atoms with Gasteiger partial charge in [-0.1, -0.05) is 6.58 Å². The molecule has 1 fully saturated rings. The maximum Gasteiger partial charge on any atom is 0.309 e. The molecule has 1 aliphatic heterocycles. The normalized spacial score (nSPS) is 31.3. The minimum atomic E-state index is -0.953. The fraction of sp³-hybridized carbons (Fsp3) is 0.571. The third-order valence-electron chi connectivity index (χ3n) is 1.51. The van der Waals surface area contributed by atoms with Crippen LogP contribution in [0, 0.1) is 0 Å². The summed E-state index contributed by atoms with van der Waals surface area (Å²) in [6, 6.07) is 0. The number of halogens is 1. The molecule has 1 rings (SSSR count). The molecule has 11 heavy (non-hydrogen) atoms. The van der Waals surface area contributed by atoms with Gasteiger partial charge < -0.3 is 9.84 Å². The van der Waals surface area contributed by atoms with Gasteiger partial charge in [0.15, 0.2) is 6.10 Å². The molecule has 1 heterocycles. The maximum atomic E-state index is 12.4. The van der Waals surface area contributed by atoms with E-state index in [0.717, 1.165) is 0 Å². The highest BCUT2D eigenvalue weighted by Gasteiger charge is 2.28. The lowest BCUT2D eigenvalue weighted by molar-refractivity contribution is -0.158. The van der Waals surface area contributed by atoms with Crippen molar-refractivity contribution in [3.8, 4) is 0 Å². The van der Waals surface area contributed by atoms with Crippen LogP contribution in [-0.4, -0.2) is 23.3 Å². The molecular weight excluding hydrogens is 151 g/mol. The van der Waals surface area contributed by atoms with E-state index in [-0.39, 0.29) is 12.8 Å². The first kappa shape index (κ1) is 8.20. The van der Waals surface area contributed by atoms with Crippen molar-refractivity contribution in [2.75, 3.05) is 0 Å². The average Bonchev–Trinajstić information content (AvgIpc) is 1.85. The summed E-state index contributed by atoms with van der Waals surface area (Å²) in [5.74, 6) is -1.29. The zero-order chi connectivity index (χ0) is 8.43. The second-order valence-corrected chi connectivity index (χ2v) is 2.52. The molecule has 1 saturated heterocycles. The van der Waals surface area contributed by atoms with Gasteiger partial charge in [-0.15, -0.1) is 0 Å². The molecule has 0 radical (unpaired) electrons. The number of carbonyl (C=O) groups excluding carboxylic acids is 1. The van der Waals surface area contributed by atoms with Crippen LogP contribution >= 0.6 is 0 Å². The summed E-state index contributed by atoms with van der Waals surface area (Å²) in [7, 11) is 0. The van der Waals surface area contributed by atoms with E-state index in [4.69, 9.17) is 5.11 Å². The molecule has 4 heteroatoms. The molecule has 0 aromatic heterocycles. The third kappa shape index (κ3) is 2.01. The molecule has 0 unspecified atom stereocenters. The van der Waals surface area contributed by atoms with E-state index in [0.29, 0.717) is 0 Å². The van der Waals surface area contributed by atoms with Crippen LogP contribution in [0.3, 0.4) is 0 Å². The van der Waals surface area contributed by atoms with Gasteiger partial charge in [0.25, 0.3) is 0 Å². The Morgan fingerprint density at radius 2 is 2.45 bits per heavy atom. The Kier molecular flexibility index (Phi) is 2.24. The monoisotopic (exact) mass is 160 g/mol. The third-order valence-corrected chi connectivity index (χ3v) is 1.51. The van der Waals surface area contributed by atoms with Gasteiger partial charge in [-0.25, -0.2) is 4.39 Å². The molecule has 1 aliphatic rings.